The van der Waals surface area contributed by atoms with E-state index >= 15 is 0 Å². The largest absolute Gasteiger partial charge is 0.497 e. The summed E-state index contributed by atoms with van der Waals surface area (Å²) in [5, 5.41) is 0. The molecule has 0 fully saturated rings. The van der Waals surface area contributed by atoms with E-state index in [-0.39, 0.29) is 4.90 Å². The van der Waals surface area contributed by atoms with E-state index in [1.54, 1.807) is 31.4 Å². The smallest absolute Gasteiger partial charge is 0.264 e. The lowest BCUT2D eigenvalue weighted by Gasteiger charge is -2.25. The van der Waals surface area contributed by atoms with Crippen molar-refractivity contribution >= 4 is 15.7 Å². The van der Waals surface area contributed by atoms with Crippen LogP contribution in [0.3, 0.4) is 0 Å². The Bertz CT molecular complexity index is 754. The highest BCUT2D eigenvalue weighted by atomic mass is 32.2. The predicted molar refractivity (Wildman–Crippen MR) is 98.3 cm³/mol. The van der Waals surface area contributed by atoms with Crippen molar-refractivity contribution < 1.29 is 13.2 Å². The van der Waals surface area contributed by atoms with Crippen LogP contribution in [0.4, 0.5) is 5.69 Å². The molecule has 0 amide bonds. The van der Waals surface area contributed by atoms with Crippen LogP contribution in [-0.2, 0) is 16.4 Å². The molecular formula is C19H25NO3S. The predicted octanol–water partition coefficient (Wildman–Crippen LogP) is 4.25. The number of rotatable bonds is 8. The first-order chi connectivity index (χ1) is 11.5. The van der Waals surface area contributed by atoms with Crippen LogP contribution >= 0.6 is 0 Å². The van der Waals surface area contributed by atoms with Crippen molar-refractivity contribution in [1.82, 2.24) is 0 Å². The lowest BCUT2D eigenvalue weighted by atomic mass is 10.1. The van der Waals surface area contributed by atoms with Gasteiger partial charge in [0, 0.05) is 6.54 Å². The van der Waals surface area contributed by atoms with Crippen molar-refractivity contribution in [2.45, 2.75) is 38.0 Å². The second kappa shape index (κ2) is 8.20. The van der Waals surface area contributed by atoms with Crippen LogP contribution in [0.25, 0.3) is 0 Å². The number of benzene rings is 2. The maximum absolute atomic E-state index is 13.1. The summed E-state index contributed by atoms with van der Waals surface area (Å²) in [4.78, 5) is 0.279. The van der Waals surface area contributed by atoms with Crippen LogP contribution in [0, 0.1) is 0 Å². The van der Waals surface area contributed by atoms with E-state index < -0.39 is 10.0 Å². The van der Waals surface area contributed by atoms with Crippen LogP contribution in [0.15, 0.2) is 53.4 Å². The van der Waals surface area contributed by atoms with E-state index in [1.807, 2.05) is 24.3 Å². The zero-order valence-electron chi connectivity index (χ0n) is 14.5. The average molecular weight is 347 g/mol. The summed E-state index contributed by atoms with van der Waals surface area (Å²) < 4.78 is 32.9. The molecule has 0 unspecified atom stereocenters. The van der Waals surface area contributed by atoms with E-state index in [2.05, 4.69) is 13.8 Å². The standard InChI is InChI=1S/C19H25NO3S/c1-4-6-14-20(17-9-7-8-16(5-2)15-17)24(21,22)19-12-10-18(23-3)11-13-19/h7-13,15H,4-6,14H2,1-3H3. The molecule has 0 atom stereocenters. The minimum Gasteiger partial charge on any atom is -0.497 e. The fraction of sp³-hybridized carbons (Fsp3) is 0.368. The molecule has 5 heteroatoms. The topological polar surface area (TPSA) is 46.6 Å². The zero-order valence-corrected chi connectivity index (χ0v) is 15.3. The average Bonchev–Trinajstić information content (AvgIpc) is 2.62. The number of hydrogen-bond acceptors (Lipinski definition) is 3. The first kappa shape index (κ1) is 18.3. The molecule has 0 spiro atoms. The van der Waals surface area contributed by atoms with Gasteiger partial charge in [-0.2, -0.15) is 0 Å². The van der Waals surface area contributed by atoms with Crippen molar-refractivity contribution in [3.05, 3.63) is 54.1 Å². The van der Waals surface area contributed by atoms with Crippen molar-refractivity contribution in [2.24, 2.45) is 0 Å². The minimum absolute atomic E-state index is 0.279. The molecule has 0 aliphatic carbocycles. The van der Waals surface area contributed by atoms with Gasteiger partial charge in [0.25, 0.3) is 10.0 Å². The Morgan fingerprint density at radius 2 is 1.75 bits per heavy atom. The Morgan fingerprint density at radius 3 is 2.33 bits per heavy atom. The number of unbranched alkanes of at least 4 members (excludes halogenated alkanes) is 1. The lowest BCUT2D eigenvalue weighted by Crippen LogP contribution is -2.32. The van der Waals surface area contributed by atoms with Crippen LogP contribution in [0.2, 0.25) is 0 Å². The van der Waals surface area contributed by atoms with E-state index in [0.717, 1.165) is 30.5 Å². The molecule has 2 aromatic carbocycles. The van der Waals surface area contributed by atoms with Crippen molar-refractivity contribution in [1.29, 1.82) is 0 Å². The third-order valence-electron chi connectivity index (χ3n) is 3.97. The van der Waals surface area contributed by atoms with Crippen molar-refractivity contribution in [3.63, 3.8) is 0 Å². The zero-order chi connectivity index (χ0) is 17.6. The van der Waals surface area contributed by atoms with Crippen molar-refractivity contribution in [3.8, 4) is 5.75 Å². The SMILES string of the molecule is CCCCN(c1cccc(CC)c1)S(=O)(=O)c1ccc(OC)cc1. The molecule has 0 aromatic heterocycles. The molecule has 2 rings (SSSR count). The number of sulfonamides is 1. The van der Waals surface area contributed by atoms with Crippen LogP contribution in [0.5, 0.6) is 5.75 Å². The summed E-state index contributed by atoms with van der Waals surface area (Å²) >= 11 is 0. The van der Waals surface area contributed by atoms with Gasteiger partial charge in [-0.1, -0.05) is 32.4 Å². The molecule has 0 saturated carbocycles. The summed E-state index contributed by atoms with van der Waals surface area (Å²) in [6.45, 7) is 4.59. The van der Waals surface area contributed by atoms with Gasteiger partial charge in [0.05, 0.1) is 17.7 Å². The van der Waals surface area contributed by atoms with Crippen LogP contribution < -0.4 is 9.04 Å². The Hall–Kier alpha value is -2.01. The minimum atomic E-state index is -3.60. The Balaban J connectivity index is 2.44. The molecular weight excluding hydrogens is 322 g/mol. The third-order valence-corrected chi connectivity index (χ3v) is 5.81. The highest BCUT2D eigenvalue weighted by Crippen LogP contribution is 2.26. The molecule has 0 saturated heterocycles. The van der Waals surface area contributed by atoms with Gasteiger partial charge >= 0.3 is 0 Å². The molecule has 0 bridgehead atoms. The molecule has 4 nitrogen and oxygen atoms in total. The number of methoxy groups -OCH3 is 1. The molecule has 0 aliphatic rings. The number of ether oxygens (including phenoxy) is 1. The van der Waals surface area contributed by atoms with Crippen LogP contribution in [0.1, 0.15) is 32.3 Å². The van der Waals surface area contributed by atoms with Gasteiger partial charge < -0.3 is 4.74 Å². The van der Waals surface area contributed by atoms with Gasteiger partial charge in [0.15, 0.2) is 0 Å². The van der Waals surface area contributed by atoms with Crippen molar-refractivity contribution in [2.75, 3.05) is 18.0 Å². The van der Waals surface area contributed by atoms with Gasteiger partial charge in [-0.3, -0.25) is 4.31 Å². The highest BCUT2D eigenvalue weighted by molar-refractivity contribution is 7.92. The molecule has 0 radical (unpaired) electrons. The Labute approximate surface area is 145 Å². The maximum Gasteiger partial charge on any atom is 0.264 e. The summed E-state index contributed by atoms with van der Waals surface area (Å²) in [5.41, 5.74) is 1.84. The number of anilines is 1. The maximum atomic E-state index is 13.1. The van der Waals surface area contributed by atoms with Gasteiger partial charge in [-0.25, -0.2) is 8.42 Å². The fourth-order valence-corrected chi connectivity index (χ4v) is 3.99. The molecule has 0 heterocycles. The second-order valence-electron chi connectivity index (χ2n) is 5.63. The number of nitrogens with zero attached hydrogens (tertiary/aromatic N) is 1. The van der Waals surface area contributed by atoms with Gasteiger partial charge in [-0.05, 0) is 54.8 Å². The van der Waals surface area contributed by atoms with Crippen LogP contribution in [-0.4, -0.2) is 22.1 Å². The second-order valence-corrected chi connectivity index (χ2v) is 7.49. The highest BCUT2D eigenvalue weighted by Gasteiger charge is 2.24. The first-order valence-electron chi connectivity index (χ1n) is 8.28. The van der Waals surface area contributed by atoms with E-state index in [4.69, 9.17) is 4.74 Å². The Morgan fingerprint density at radius 1 is 1.04 bits per heavy atom. The quantitative estimate of drug-likeness (QED) is 0.717. The number of hydrogen-bond donors (Lipinski definition) is 0. The molecule has 0 aliphatic heterocycles. The lowest BCUT2D eigenvalue weighted by molar-refractivity contribution is 0.414. The van der Waals surface area contributed by atoms with Gasteiger partial charge in [0.2, 0.25) is 0 Å². The molecule has 130 valence electrons. The normalized spacial score (nSPS) is 11.3. The summed E-state index contributed by atoms with van der Waals surface area (Å²) in [6.07, 6.45) is 2.62. The summed E-state index contributed by atoms with van der Waals surface area (Å²) in [5.74, 6) is 0.641. The monoisotopic (exact) mass is 347 g/mol. The molecule has 0 N–H and O–H groups in total. The van der Waals surface area contributed by atoms with Gasteiger partial charge in [0.1, 0.15) is 5.75 Å². The summed E-state index contributed by atoms with van der Waals surface area (Å²) in [6, 6.07) is 14.3. The van der Waals surface area contributed by atoms with E-state index in [9.17, 15) is 8.42 Å². The first-order valence-corrected chi connectivity index (χ1v) is 9.72. The number of aryl methyl sites for hydroxylation is 1. The van der Waals surface area contributed by atoms with E-state index in [1.165, 1.54) is 4.31 Å². The fourth-order valence-electron chi connectivity index (χ4n) is 2.50. The molecule has 24 heavy (non-hydrogen) atoms. The summed E-state index contributed by atoms with van der Waals surface area (Å²) in [7, 11) is -2.04. The third kappa shape index (κ3) is 4.09. The van der Waals surface area contributed by atoms with Gasteiger partial charge in [-0.15, -0.1) is 0 Å². The Kier molecular flexibility index (Phi) is 6.26. The molecule has 2 aromatic rings. The van der Waals surface area contributed by atoms with E-state index in [0.29, 0.717) is 12.3 Å².